The van der Waals surface area contributed by atoms with E-state index >= 15 is 0 Å². The Bertz CT molecular complexity index is 1290. The Hall–Kier alpha value is -4.43. The number of nitrogens with zero attached hydrogens (tertiary/aromatic N) is 1. The molecule has 2 amide bonds. The molecule has 8 heteroatoms. The minimum absolute atomic E-state index is 0.390. The zero-order valence-electron chi connectivity index (χ0n) is 17.0. The third-order valence-corrected chi connectivity index (χ3v) is 4.95. The Morgan fingerprint density at radius 1 is 1.03 bits per heavy atom. The minimum Gasteiger partial charge on any atom is -0.381 e. The van der Waals surface area contributed by atoms with Gasteiger partial charge in [0.25, 0.3) is 11.8 Å². The Labute approximate surface area is 183 Å². The van der Waals surface area contributed by atoms with E-state index in [1.165, 1.54) is 6.08 Å². The molecule has 4 rings (SSSR count). The van der Waals surface area contributed by atoms with Crippen LogP contribution in [0.5, 0.6) is 0 Å². The molecule has 3 aromatic carbocycles. The number of nitrogens with two attached hydrogens (primary N) is 1. The van der Waals surface area contributed by atoms with Crippen molar-refractivity contribution in [3.8, 4) is 11.4 Å². The van der Waals surface area contributed by atoms with Gasteiger partial charge >= 0.3 is 0 Å². The number of aromatic nitrogens is 2. The maximum atomic E-state index is 11.6. The van der Waals surface area contributed by atoms with E-state index in [4.69, 9.17) is 10.9 Å². The van der Waals surface area contributed by atoms with Crippen LogP contribution in [0.15, 0.2) is 72.8 Å². The first kappa shape index (κ1) is 20.8. The average molecular weight is 427 g/mol. The maximum Gasteiger partial charge on any atom is 0.267 e. The number of carbonyl (C=O) groups is 2. The van der Waals surface area contributed by atoms with Crippen LogP contribution in [0.25, 0.3) is 28.5 Å². The molecule has 0 saturated heterocycles. The second kappa shape index (κ2) is 9.15. The lowest BCUT2D eigenvalue weighted by Gasteiger charge is -2.07. The Morgan fingerprint density at radius 2 is 1.78 bits per heavy atom. The van der Waals surface area contributed by atoms with Crippen LogP contribution < -0.4 is 16.5 Å². The van der Waals surface area contributed by atoms with Crippen molar-refractivity contribution in [2.45, 2.75) is 6.54 Å². The number of benzene rings is 3. The number of anilines is 1. The van der Waals surface area contributed by atoms with Crippen LogP contribution in [0.2, 0.25) is 0 Å². The van der Waals surface area contributed by atoms with Crippen LogP contribution in [0.4, 0.5) is 5.69 Å². The van der Waals surface area contributed by atoms with Gasteiger partial charge in [-0.3, -0.25) is 14.8 Å². The summed E-state index contributed by atoms with van der Waals surface area (Å²) >= 11 is 0. The van der Waals surface area contributed by atoms with E-state index in [9.17, 15) is 9.59 Å². The highest BCUT2D eigenvalue weighted by molar-refractivity contribution is 6.04. The third-order valence-electron chi connectivity index (χ3n) is 4.95. The highest BCUT2D eigenvalue weighted by Crippen LogP contribution is 2.24. The first-order valence-electron chi connectivity index (χ1n) is 9.87. The van der Waals surface area contributed by atoms with E-state index in [1.54, 1.807) is 23.7 Å². The van der Waals surface area contributed by atoms with Crippen molar-refractivity contribution < 1.29 is 14.8 Å². The molecule has 0 aliphatic rings. The third kappa shape index (κ3) is 4.66. The standard InChI is InChI=1S/C24H21N5O3/c25-23(31)19-2-1-3-20-22(19)28-24(27-20)17-9-11-18(12-10-17)26-14-16-6-4-15(5-7-16)8-13-21(30)29-32/h1-13,26,32H,14H2,(H2,25,31)(H,27,28)(H,29,30)/b13-8+. The molecule has 0 spiro atoms. The van der Waals surface area contributed by atoms with Crippen molar-refractivity contribution in [3.63, 3.8) is 0 Å². The van der Waals surface area contributed by atoms with E-state index in [-0.39, 0.29) is 0 Å². The summed E-state index contributed by atoms with van der Waals surface area (Å²) in [7, 11) is 0. The molecule has 0 aliphatic heterocycles. The molecule has 1 heterocycles. The molecule has 8 nitrogen and oxygen atoms in total. The number of H-pyrrole nitrogens is 1. The molecular weight excluding hydrogens is 406 g/mol. The predicted molar refractivity (Wildman–Crippen MR) is 123 cm³/mol. The van der Waals surface area contributed by atoms with Crippen molar-refractivity contribution >= 4 is 34.6 Å². The number of para-hydroxylation sites is 1. The molecule has 6 N–H and O–H groups in total. The van der Waals surface area contributed by atoms with Gasteiger partial charge in [-0.05, 0) is 53.6 Å². The summed E-state index contributed by atoms with van der Waals surface area (Å²) in [5.41, 5.74) is 12.5. The van der Waals surface area contributed by atoms with Gasteiger partial charge in [-0.25, -0.2) is 10.5 Å². The summed E-state index contributed by atoms with van der Waals surface area (Å²) in [5, 5.41) is 11.9. The van der Waals surface area contributed by atoms with Gasteiger partial charge in [-0.15, -0.1) is 0 Å². The van der Waals surface area contributed by atoms with E-state index in [0.717, 1.165) is 27.9 Å². The highest BCUT2D eigenvalue weighted by Gasteiger charge is 2.12. The number of fused-ring (bicyclic) bond motifs is 1. The van der Waals surface area contributed by atoms with Crippen LogP contribution in [0, 0.1) is 0 Å². The normalized spacial score (nSPS) is 11.0. The lowest BCUT2D eigenvalue weighted by molar-refractivity contribution is -0.124. The summed E-state index contributed by atoms with van der Waals surface area (Å²) in [6.45, 7) is 0.632. The summed E-state index contributed by atoms with van der Waals surface area (Å²) in [6, 6.07) is 20.8. The van der Waals surface area contributed by atoms with Gasteiger partial charge in [0.15, 0.2) is 0 Å². The Balaban J connectivity index is 1.42. The molecule has 0 saturated carbocycles. The van der Waals surface area contributed by atoms with Crippen molar-refractivity contribution in [1.82, 2.24) is 15.4 Å². The zero-order chi connectivity index (χ0) is 22.5. The minimum atomic E-state index is -0.574. The summed E-state index contributed by atoms with van der Waals surface area (Å²) in [4.78, 5) is 30.4. The summed E-state index contributed by atoms with van der Waals surface area (Å²) < 4.78 is 0. The second-order valence-corrected chi connectivity index (χ2v) is 7.13. The number of amides is 2. The van der Waals surface area contributed by atoms with Gasteiger partial charge in [0.1, 0.15) is 11.3 Å². The Kier molecular flexibility index (Phi) is 5.96. The molecule has 160 valence electrons. The van der Waals surface area contributed by atoms with E-state index < -0.39 is 11.8 Å². The number of carbonyl (C=O) groups excluding carboxylic acids is 2. The largest absolute Gasteiger partial charge is 0.381 e. The van der Waals surface area contributed by atoms with Gasteiger partial charge in [0.05, 0.1) is 11.1 Å². The van der Waals surface area contributed by atoms with E-state index in [1.807, 2.05) is 54.6 Å². The van der Waals surface area contributed by atoms with Crippen molar-refractivity contribution in [2.24, 2.45) is 5.73 Å². The van der Waals surface area contributed by atoms with Gasteiger partial charge in [-0.2, -0.15) is 0 Å². The highest BCUT2D eigenvalue weighted by atomic mass is 16.5. The molecule has 1 aromatic heterocycles. The topological polar surface area (TPSA) is 133 Å². The van der Waals surface area contributed by atoms with Crippen molar-refractivity contribution in [2.75, 3.05) is 5.32 Å². The summed E-state index contributed by atoms with van der Waals surface area (Å²) in [5.74, 6) is -0.415. The molecule has 32 heavy (non-hydrogen) atoms. The molecule has 0 aliphatic carbocycles. The van der Waals surface area contributed by atoms with E-state index in [0.29, 0.717) is 23.4 Å². The first-order chi connectivity index (χ1) is 15.5. The lowest BCUT2D eigenvalue weighted by Crippen LogP contribution is -2.14. The van der Waals surface area contributed by atoms with Crippen LogP contribution in [0.1, 0.15) is 21.5 Å². The smallest absolute Gasteiger partial charge is 0.267 e. The molecular formula is C24H21N5O3. The maximum absolute atomic E-state index is 11.6. The number of hydrogen-bond donors (Lipinski definition) is 5. The number of nitrogens with one attached hydrogen (secondary N) is 3. The monoisotopic (exact) mass is 427 g/mol. The fourth-order valence-electron chi connectivity index (χ4n) is 3.27. The average Bonchev–Trinajstić information content (AvgIpc) is 3.26. The number of primary amides is 1. The molecule has 0 unspecified atom stereocenters. The zero-order valence-corrected chi connectivity index (χ0v) is 17.0. The van der Waals surface area contributed by atoms with Gasteiger partial charge in [0, 0.05) is 23.9 Å². The van der Waals surface area contributed by atoms with Gasteiger partial charge in [-0.1, -0.05) is 30.3 Å². The molecule has 0 radical (unpaired) electrons. The van der Waals surface area contributed by atoms with Crippen LogP contribution in [-0.4, -0.2) is 27.0 Å². The number of imidazole rings is 1. The number of hydroxylamine groups is 1. The van der Waals surface area contributed by atoms with Gasteiger partial charge in [0.2, 0.25) is 0 Å². The van der Waals surface area contributed by atoms with Crippen LogP contribution in [0.3, 0.4) is 0 Å². The van der Waals surface area contributed by atoms with Crippen LogP contribution >= 0.6 is 0 Å². The predicted octanol–water partition coefficient (Wildman–Crippen LogP) is 3.46. The number of aromatic amines is 1. The molecule has 0 bridgehead atoms. The van der Waals surface area contributed by atoms with Crippen molar-refractivity contribution in [3.05, 3.63) is 89.5 Å². The van der Waals surface area contributed by atoms with E-state index in [2.05, 4.69) is 15.3 Å². The lowest BCUT2D eigenvalue weighted by atomic mass is 10.1. The molecule has 0 atom stereocenters. The second-order valence-electron chi connectivity index (χ2n) is 7.13. The fraction of sp³-hybridized carbons (Fsp3) is 0.0417. The number of rotatable bonds is 7. The van der Waals surface area contributed by atoms with Crippen molar-refractivity contribution in [1.29, 1.82) is 0 Å². The fourth-order valence-corrected chi connectivity index (χ4v) is 3.27. The SMILES string of the molecule is NC(=O)c1cccc2[nH]c(-c3ccc(NCc4ccc(/C=C/C(=O)NO)cc4)cc3)nc12. The molecule has 0 fully saturated rings. The number of hydrogen-bond acceptors (Lipinski definition) is 5. The van der Waals surface area contributed by atoms with Crippen LogP contribution in [-0.2, 0) is 11.3 Å². The van der Waals surface area contributed by atoms with Gasteiger partial charge < -0.3 is 16.0 Å². The quantitative estimate of drug-likeness (QED) is 0.175. The molecule has 4 aromatic rings. The Morgan fingerprint density at radius 3 is 2.47 bits per heavy atom. The first-order valence-corrected chi connectivity index (χ1v) is 9.87. The summed E-state index contributed by atoms with van der Waals surface area (Å²) in [6.07, 6.45) is 2.87.